The molecule has 0 saturated heterocycles. The lowest BCUT2D eigenvalue weighted by atomic mass is 10.2. The van der Waals surface area contributed by atoms with Crippen molar-refractivity contribution in [3.63, 3.8) is 0 Å². The second-order valence-corrected chi connectivity index (χ2v) is 6.65. The molecule has 0 unspecified atom stereocenters. The van der Waals surface area contributed by atoms with Gasteiger partial charge < -0.3 is 18.9 Å². The third-order valence-corrected chi connectivity index (χ3v) is 4.31. The minimum absolute atomic E-state index is 0.162. The van der Waals surface area contributed by atoms with Crippen molar-refractivity contribution in [1.82, 2.24) is 5.43 Å². The number of carbonyl (C=O) groups is 2. The van der Waals surface area contributed by atoms with E-state index in [1.807, 2.05) is 25.1 Å². The predicted molar refractivity (Wildman–Crippen MR) is 123 cm³/mol. The summed E-state index contributed by atoms with van der Waals surface area (Å²) in [5.74, 6) is 0.947. The number of benzene rings is 3. The van der Waals surface area contributed by atoms with E-state index in [0.29, 0.717) is 35.0 Å². The van der Waals surface area contributed by atoms with Gasteiger partial charge in [-0.05, 0) is 67.1 Å². The van der Waals surface area contributed by atoms with E-state index in [4.69, 9.17) is 18.9 Å². The number of esters is 1. The fourth-order valence-corrected chi connectivity index (χ4v) is 2.74. The highest BCUT2D eigenvalue weighted by atomic mass is 16.6. The predicted octanol–water partition coefficient (Wildman–Crippen LogP) is 3.84. The summed E-state index contributed by atoms with van der Waals surface area (Å²) in [6.07, 6.45) is 1.45. The van der Waals surface area contributed by atoms with E-state index in [0.717, 1.165) is 0 Å². The van der Waals surface area contributed by atoms with Gasteiger partial charge in [-0.1, -0.05) is 18.2 Å². The summed E-state index contributed by atoms with van der Waals surface area (Å²) in [5, 5.41) is 3.91. The molecule has 170 valence electrons. The molecule has 3 rings (SSSR count). The molecule has 0 saturated carbocycles. The van der Waals surface area contributed by atoms with Crippen LogP contribution >= 0.6 is 0 Å². The first-order chi connectivity index (χ1) is 16.1. The normalized spacial score (nSPS) is 10.5. The second-order valence-electron chi connectivity index (χ2n) is 6.65. The van der Waals surface area contributed by atoms with Crippen molar-refractivity contribution in [3.05, 3.63) is 83.9 Å². The standard InChI is InChI=1S/C25H24N2O6/c1-3-31-21-12-10-19(11-13-21)25(29)33-22-14-9-18(15-23(22)30-2)16-26-27-24(28)17-32-20-7-5-4-6-8-20/h4-16H,3,17H2,1-2H3,(H,27,28). The van der Waals surface area contributed by atoms with Gasteiger partial charge in [-0.2, -0.15) is 5.10 Å². The average Bonchev–Trinajstić information content (AvgIpc) is 2.85. The van der Waals surface area contributed by atoms with E-state index >= 15 is 0 Å². The molecule has 0 aromatic heterocycles. The number of carbonyl (C=O) groups excluding carboxylic acids is 2. The van der Waals surface area contributed by atoms with Crippen LogP contribution in [0.2, 0.25) is 0 Å². The van der Waals surface area contributed by atoms with E-state index in [1.165, 1.54) is 13.3 Å². The highest BCUT2D eigenvalue weighted by Crippen LogP contribution is 2.28. The Kier molecular flexibility index (Phi) is 8.41. The number of ether oxygens (including phenoxy) is 4. The molecule has 3 aromatic carbocycles. The van der Waals surface area contributed by atoms with Gasteiger partial charge in [0.15, 0.2) is 18.1 Å². The van der Waals surface area contributed by atoms with Gasteiger partial charge >= 0.3 is 5.97 Å². The van der Waals surface area contributed by atoms with Crippen LogP contribution < -0.4 is 24.4 Å². The Morgan fingerprint density at radius 2 is 1.64 bits per heavy atom. The Hall–Kier alpha value is -4.33. The molecule has 0 fully saturated rings. The monoisotopic (exact) mass is 448 g/mol. The van der Waals surface area contributed by atoms with Crippen LogP contribution in [0.4, 0.5) is 0 Å². The van der Waals surface area contributed by atoms with Crippen molar-refractivity contribution in [3.8, 4) is 23.0 Å². The fourth-order valence-electron chi connectivity index (χ4n) is 2.74. The van der Waals surface area contributed by atoms with Crippen LogP contribution in [0.1, 0.15) is 22.8 Å². The minimum atomic E-state index is -0.525. The molecule has 1 amide bonds. The molecule has 8 nitrogen and oxygen atoms in total. The Bertz CT molecular complexity index is 1100. The molecule has 0 bridgehead atoms. The topological polar surface area (TPSA) is 95.5 Å². The van der Waals surface area contributed by atoms with Crippen LogP contribution in [0, 0.1) is 0 Å². The Labute approximate surface area is 191 Å². The number of amides is 1. The summed E-state index contributed by atoms with van der Waals surface area (Å²) in [6, 6.07) is 20.6. The number of nitrogens with one attached hydrogen (secondary N) is 1. The van der Waals surface area contributed by atoms with Crippen molar-refractivity contribution in [2.45, 2.75) is 6.92 Å². The van der Waals surface area contributed by atoms with Crippen molar-refractivity contribution in [2.24, 2.45) is 5.10 Å². The Balaban J connectivity index is 1.56. The highest BCUT2D eigenvalue weighted by Gasteiger charge is 2.13. The smallest absolute Gasteiger partial charge is 0.343 e. The van der Waals surface area contributed by atoms with Gasteiger partial charge in [0, 0.05) is 0 Å². The maximum atomic E-state index is 12.4. The van der Waals surface area contributed by atoms with E-state index < -0.39 is 11.9 Å². The Morgan fingerprint density at radius 3 is 2.33 bits per heavy atom. The lowest BCUT2D eigenvalue weighted by Gasteiger charge is -2.10. The SMILES string of the molecule is CCOc1ccc(C(=O)Oc2ccc(C=NNC(=O)COc3ccccc3)cc2OC)cc1. The molecule has 8 heteroatoms. The van der Waals surface area contributed by atoms with Crippen molar-refractivity contribution in [1.29, 1.82) is 0 Å². The molecule has 0 heterocycles. The van der Waals surface area contributed by atoms with Crippen LogP contribution in [0.25, 0.3) is 0 Å². The number of hydrogen-bond acceptors (Lipinski definition) is 7. The molecule has 0 radical (unpaired) electrons. The molecule has 0 spiro atoms. The lowest BCUT2D eigenvalue weighted by molar-refractivity contribution is -0.123. The molecule has 0 aliphatic heterocycles. The highest BCUT2D eigenvalue weighted by molar-refractivity contribution is 5.92. The Morgan fingerprint density at radius 1 is 0.909 bits per heavy atom. The third-order valence-electron chi connectivity index (χ3n) is 4.31. The van der Waals surface area contributed by atoms with Crippen LogP contribution in [-0.4, -0.2) is 38.4 Å². The van der Waals surface area contributed by atoms with Gasteiger partial charge in [0.05, 0.1) is 25.5 Å². The van der Waals surface area contributed by atoms with Crippen LogP contribution in [0.3, 0.4) is 0 Å². The minimum Gasteiger partial charge on any atom is -0.494 e. The van der Waals surface area contributed by atoms with E-state index in [9.17, 15) is 9.59 Å². The molecule has 3 aromatic rings. The summed E-state index contributed by atoms with van der Waals surface area (Å²) in [5.41, 5.74) is 3.41. The van der Waals surface area contributed by atoms with Crippen molar-refractivity contribution >= 4 is 18.1 Å². The van der Waals surface area contributed by atoms with Gasteiger partial charge in [0.25, 0.3) is 5.91 Å². The summed E-state index contributed by atoms with van der Waals surface area (Å²) in [7, 11) is 1.47. The quantitative estimate of drug-likeness (QED) is 0.219. The zero-order valence-electron chi connectivity index (χ0n) is 18.3. The van der Waals surface area contributed by atoms with Crippen LogP contribution in [-0.2, 0) is 4.79 Å². The average molecular weight is 448 g/mol. The maximum Gasteiger partial charge on any atom is 0.343 e. The summed E-state index contributed by atoms with van der Waals surface area (Å²) in [6.45, 7) is 2.27. The van der Waals surface area contributed by atoms with Gasteiger partial charge in [0.1, 0.15) is 11.5 Å². The molecular weight excluding hydrogens is 424 g/mol. The number of nitrogens with zero attached hydrogens (tertiary/aromatic N) is 1. The zero-order chi connectivity index (χ0) is 23.5. The molecular formula is C25H24N2O6. The van der Waals surface area contributed by atoms with Crippen LogP contribution in [0.15, 0.2) is 77.9 Å². The number of hydrazone groups is 1. The van der Waals surface area contributed by atoms with E-state index in [1.54, 1.807) is 54.6 Å². The first-order valence-electron chi connectivity index (χ1n) is 10.2. The lowest BCUT2D eigenvalue weighted by Crippen LogP contribution is -2.24. The number of hydrogen-bond donors (Lipinski definition) is 1. The van der Waals surface area contributed by atoms with Gasteiger partial charge in [-0.15, -0.1) is 0 Å². The maximum absolute atomic E-state index is 12.4. The third kappa shape index (κ3) is 7.10. The molecule has 0 aliphatic rings. The first kappa shape index (κ1) is 23.3. The number of rotatable bonds is 10. The van der Waals surface area contributed by atoms with Gasteiger partial charge in [-0.25, -0.2) is 10.2 Å². The molecule has 1 N–H and O–H groups in total. The van der Waals surface area contributed by atoms with Gasteiger partial charge in [-0.3, -0.25) is 4.79 Å². The van der Waals surface area contributed by atoms with Crippen LogP contribution in [0.5, 0.6) is 23.0 Å². The van der Waals surface area contributed by atoms with Gasteiger partial charge in [0.2, 0.25) is 0 Å². The zero-order valence-corrected chi connectivity index (χ0v) is 18.3. The van der Waals surface area contributed by atoms with E-state index in [2.05, 4.69) is 10.5 Å². The summed E-state index contributed by atoms with van der Waals surface area (Å²) < 4.78 is 21.5. The van der Waals surface area contributed by atoms with E-state index in [-0.39, 0.29) is 12.4 Å². The molecule has 33 heavy (non-hydrogen) atoms. The van der Waals surface area contributed by atoms with Crippen molar-refractivity contribution < 1.29 is 28.5 Å². The summed E-state index contributed by atoms with van der Waals surface area (Å²) >= 11 is 0. The molecule has 0 aliphatic carbocycles. The first-order valence-corrected chi connectivity index (χ1v) is 10.2. The summed E-state index contributed by atoms with van der Waals surface area (Å²) in [4.78, 5) is 24.3. The number of methoxy groups -OCH3 is 1. The van der Waals surface area contributed by atoms with Crippen molar-refractivity contribution in [2.75, 3.05) is 20.3 Å². The molecule has 0 atom stereocenters. The second kappa shape index (κ2) is 11.9. The largest absolute Gasteiger partial charge is 0.494 e. The fraction of sp³-hybridized carbons (Fsp3) is 0.160. The number of para-hydroxylation sites is 1.